The first-order chi connectivity index (χ1) is 8.72. The predicted octanol–water partition coefficient (Wildman–Crippen LogP) is 3.52. The number of hydrogen-bond donors (Lipinski definition) is 0. The molecule has 4 heteroatoms. The summed E-state index contributed by atoms with van der Waals surface area (Å²) < 4.78 is 2.09. The van der Waals surface area contributed by atoms with Crippen LogP contribution in [0.5, 0.6) is 0 Å². The quantitative estimate of drug-likeness (QED) is 0.847. The van der Waals surface area contributed by atoms with Gasteiger partial charge in [0, 0.05) is 28.6 Å². The van der Waals surface area contributed by atoms with Gasteiger partial charge in [0.2, 0.25) is 5.78 Å². The number of imidazole rings is 1. The van der Waals surface area contributed by atoms with Crippen LogP contribution in [-0.2, 0) is 5.75 Å². The standard InChI is InChI=1S/C14H19N3S/c1-10-7-11(2)17-8-12(16-14(17)15-10)9-18-13-5-3-4-6-13/h7-8,13H,3-6,9H2,1-2H3. The van der Waals surface area contributed by atoms with E-state index in [4.69, 9.17) is 0 Å². The van der Waals surface area contributed by atoms with Crippen LogP contribution in [0.25, 0.3) is 5.78 Å². The molecular weight excluding hydrogens is 242 g/mol. The van der Waals surface area contributed by atoms with Gasteiger partial charge in [-0.05, 0) is 32.8 Å². The van der Waals surface area contributed by atoms with Gasteiger partial charge in [-0.3, -0.25) is 4.40 Å². The zero-order valence-electron chi connectivity index (χ0n) is 11.0. The van der Waals surface area contributed by atoms with Crippen LogP contribution in [0.3, 0.4) is 0 Å². The molecule has 1 aliphatic carbocycles. The summed E-state index contributed by atoms with van der Waals surface area (Å²) in [6.07, 6.45) is 7.72. The average molecular weight is 261 g/mol. The molecule has 0 unspecified atom stereocenters. The minimum absolute atomic E-state index is 0.842. The first-order valence-corrected chi connectivity index (χ1v) is 7.71. The lowest BCUT2D eigenvalue weighted by molar-refractivity contribution is 0.886. The molecule has 0 N–H and O–H groups in total. The van der Waals surface area contributed by atoms with E-state index in [1.165, 1.54) is 31.4 Å². The highest BCUT2D eigenvalue weighted by molar-refractivity contribution is 7.99. The number of hydrogen-bond acceptors (Lipinski definition) is 3. The van der Waals surface area contributed by atoms with E-state index in [1.54, 1.807) is 0 Å². The Balaban J connectivity index is 1.78. The zero-order valence-corrected chi connectivity index (χ0v) is 11.8. The maximum Gasteiger partial charge on any atom is 0.234 e. The summed E-state index contributed by atoms with van der Waals surface area (Å²) in [5.41, 5.74) is 3.41. The third-order valence-electron chi connectivity index (χ3n) is 3.58. The molecule has 3 rings (SSSR count). The summed E-state index contributed by atoms with van der Waals surface area (Å²) in [6, 6.07) is 2.10. The number of aryl methyl sites for hydroxylation is 2. The Hall–Kier alpha value is -1.03. The molecule has 1 fully saturated rings. The van der Waals surface area contributed by atoms with Crippen molar-refractivity contribution in [2.24, 2.45) is 0 Å². The lowest BCUT2D eigenvalue weighted by Gasteiger charge is -2.05. The number of rotatable bonds is 3. The van der Waals surface area contributed by atoms with Crippen LogP contribution in [0, 0.1) is 13.8 Å². The van der Waals surface area contributed by atoms with Crippen molar-refractivity contribution in [3.8, 4) is 0 Å². The normalized spacial score (nSPS) is 16.8. The molecule has 0 aromatic carbocycles. The minimum atomic E-state index is 0.842. The lowest BCUT2D eigenvalue weighted by atomic mass is 10.3. The van der Waals surface area contributed by atoms with E-state index in [-0.39, 0.29) is 0 Å². The minimum Gasteiger partial charge on any atom is -0.288 e. The summed E-state index contributed by atoms with van der Waals surface area (Å²) in [6.45, 7) is 4.13. The first-order valence-electron chi connectivity index (χ1n) is 6.66. The van der Waals surface area contributed by atoms with Gasteiger partial charge in [0.1, 0.15) is 0 Å². The van der Waals surface area contributed by atoms with E-state index < -0.39 is 0 Å². The summed E-state index contributed by atoms with van der Waals surface area (Å²) in [5.74, 6) is 1.86. The van der Waals surface area contributed by atoms with Crippen molar-refractivity contribution in [2.45, 2.75) is 50.5 Å². The molecule has 0 atom stereocenters. The van der Waals surface area contributed by atoms with Crippen LogP contribution in [0.15, 0.2) is 12.3 Å². The van der Waals surface area contributed by atoms with E-state index >= 15 is 0 Å². The van der Waals surface area contributed by atoms with Crippen LogP contribution in [0.4, 0.5) is 0 Å². The fourth-order valence-corrected chi connectivity index (χ4v) is 3.86. The molecule has 18 heavy (non-hydrogen) atoms. The van der Waals surface area contributed by atoms with Crippen molar-refractivity contribution >= 4 is 17.5 Å². The maximum absolute atomic E-state index is 4.63. The Morgan fingerprint density at radius 1 is 1.28 bits per heavy atom. The van der Waals surface area contributed by atoms with E-state index in [0.717, 1.165) is 28.2 Å². The Bertz CT molecular complexity index is 555. The number of fused-ring (bicyclic) bond motifs is 1. The van der Waals surface area contributed by atoms with Gasteiger partial charge in [-0.15, -0.1) is 0 Å². The van der Waals surface area contributed by atoms with Crippen LogP contribution in [0.1, 0.15) is 42.8 Å². The first kappa shape index (κ1) is 12.0. The molecule has 0 spiro atoms. The molecule has 0 radical (unpaired) electrons. The molecule has 0 bridgehead atoms. The monoisotopic (exact) mass is 261 g/mol. The van der Waals surface area contributed by atoms with Crippen molar-refractivity contribution in [3.63, 3.8) is 0 Å². The SMILES string of the molecule is Cc1cc(C)n2cc(CSC3CCCC3)nc2n1. The number of aromatic nitrogens is 3. The van der Waals surface area contributed by atoms with Gasteiger partial charge in [0.15, 0.2) is 0 Å². The fourth-order valence-electron chi connectivity index (χ4n) is 2.65. The summed E-state index contributed by atoms with van der Waals surface area (Å²) in [5, 5.41) is 0.852. The molecule has 0 saturated heterocycles. The van der Waals surface area contributed by atoms with Crippen LogP contribution in [0.2, 0.25) is 0 Å². The van der Waals surface area contributed by atoms with Crippen LogP contribution < -0.4 is 0 Å². The molecule has 1 saturated carbocycles. The Morgan fingerprint density at radius 3 is 2.83 bits per heavy atom. The van der Waals surface area contributed by atoms with Crippen molar-refractivity contribution in [2.75, 3.05) is 0 Å². The molecule has 2 heterocycles. The second kappa shape index (κ2) is 4.92. The topological polar surface area (TPSA) is 30.2 Å². The largest absolute Gasteiger partial charge is 0.288 e. The Labute approximate surface area is 112 Å². The van der Waals surface area contributed by atoms with E-state index in [0.29, 0.717) is 0 Å². The molecule has 3 nitrogen and oxygen atoms in total. The van der Waals surface area contributed by atoms with Gasteiger partial charge < -0.3 is 0 Å². The molecule has 2 aromatic rings. The van der Waals surface area contributed by atoms with Gasteiger partial charge in [-0.1, -0.05) is 12.8 Å². The third kappa shape index (κ3) is 2.39. The summed E-state index contributed by atoms with van der Waals surface area (Å²) >= 11 is 2.06. The smallest absolute Gasteiger partial charge is 0.234 e. The number of thioether (sulfide) groups is 1. The summed E-state index contributed by atoms with van der Waals surface area (Å²) in [7, 11) is 0. The average Bonchev–Trinajstić information content (AvgIpc) is 2.93. The van der Waals surface area contributed by atoms with Crippen LogP contribution >= 0.6 is 11.8 Å². The highest BCUT2D eigenvalue weighted by atomic mass is 32.2. The van der Waals surface area contributed by atoms with Crippen LogP contribution in [-0.4, -0.2) is 19.6 Å². The molecular formula is C14H19N3S. The van der Waals surface area contributed by atoms with Gasteiger partial charge in [-0.25, -0.2) is 9.97 Å². The molecule has 2 aromatic heterocycles. The van der Waals surface area contributed by atoms with E-state index in [1.807, 2.05) is 6.92 Å². The Kier molecular flexibility index (Phi) is 3.29. The molecule has 1 aliphatic rings. The van der Waals surface area contributed by atoms with Gasteiger partial charge in [-0.2, -0.15) is 11.8 Å². The highest BCUT2D eigenvalue weighted by Gasteiger charge is 2.16. The Morgan fingerprint density at radius 2 is 2.06 bits per heavy atom. The van der Waals surface area contributed by atoms with Crippen molar-refractivity contribution in [1.29, 1.82) is 0 Å². The van der Waals surface area contributed by atoms with E-state index in [9.17, 15) is 0 Å². The lowest BCUT2D eigenvalue weighted by Crippen LogP contribution is -1.94. The van der Waals surface area contributed by atoms with Gasteiger partial charge >= 0.3 is 0 Å². The molecule has 0 amide bonds. The third-order valence-corrected chi connectivity index (χ3v) is 4.99. The zero-order chi connectivity index (χ0) is 12.5. The second-order valence-electron chi connectivity index (χ2n) is 5.16. The van der Waals surface area contributed by atoms with Gasteiger partial charge in [0.05, 0.1) is 5.69 Å². The predicted molar refractivity (Wildman–Crippen MR) is 76.0 cm³/mol. The number of nitrogens with zero attached hydrogens (tertiary/aromatic N) is 3. The van der Waals surface area contributed by atoms with Gasteiger partial charge in [0.25, 0.3) is 0 Å². The maximum atomic E-state index is 4.63. The van der Waals surface area contributed by atoms with Crippen molar-refractivity contribution < 1.29 is 0 Å². The van der Waals surface area contributed by atoms with Crippen molar-refractivity contribution in [3.05, 3.63) is 29.3 Å². The second-order valence-corrected chi connectivity index (χ2v) is 6.45. The molecule has 0 aliphatic heterocycles. The highest BCUT2D eigenvalue weighted by Crippen LogP contribution is 2.31. The van der Waals surface area contributed by atoms with Crippen molar-refractivity contribution in [1.82, 2.24) is 14.4 Å². The summed E-state index contributed by atoms with van der Waals surface area (Å²) in [4.78, 5) is 9.11. The fraction of sp³-hybridized carbons (Fsp3) is 0.571. The van der Waals surface area contributed by atoms with E-state index in [2.05, 4.69) is 45.3 Å². The molecule has 96 valence electrons.